The van der Waals surface area contributed by atoms with Crippen molar-refractivity contribution in [3.63, 3.8) is 0 Å². The van der Waals surface area contributed by atoms with Crippen molar-refractivity contribution in [1.82, 2.24) is 40.7 Å². The summed E-state index contributed by atoms with van der Waals surface area (Å²) in [6.45, 7) is 13.6. The Bertz CT molecular complexity index is 1780. The summed E-state index contributed by atoms with van der Waals surface area (Å²) in [5, 5.41) is 11.8. The van der Waals surface area contributed by atoms with Gasteiger partial charge in [-0.2, -0.15) is 5.06 Å². The molecule has 6 fully saturated rings. The second kappa shape index (κ2) is 20.7. The molecule has 6 atom stereocenters. The number of hydrogen-bond acceptors (Lipinski definition) is 12. The van der Waals surface area contributed by atoms with E-state index in [2.05, 4.69) is 11.0 Å². The summed E-state index contributed by atoms with van der Waals surface area (Å²) in [6.07, 6.45) is 6.79. The van der Waals surface area contributed by atoms with Crippen molar-refractivity contribution < 1.29 is 58.0 Å². The summed E-state index contributed by atoms with van der Waals surface area (Å²) in [6, 6.07) is 6.86. The highest BCUT2D eigenvalue weighted by Crippen LogP contribution is 2.31. The highest BCUT2D eigenvalue weighted by molar-refractivity contribution is 5.88. The quantitative estimate of drug-likeness (QED) is 0.204. The van der Waals surface area contributed by atoms with E-state index in [1.54, 1.807) is 14.7 Å². The lowest BCUT2D eigenvalue weighted by molar-refractivity contribution is -0.142. The summed E-state index contributed by atoms with van der Waals surface area (Å²) >= 11 is 0. The standard InChI is InChI=1S/C25H36N4O6.C18H30N4O6/c1-25(2,3)35-24(32)27-14-8-7-11-20(27)17-33-26-22(30)21-13-12-19-15-28(21)23(31)29(19)34-16-18-9-5-4-6-10-18;1-18(2,3)28-17(25)20-9-5-4-6-13(20)11-27-19-15(23)14-8-7-12-10-21(14)16(24)22(12)26/h4-6,9-10,19-21H,7-8,11-17H2,1-3H3,(H,26,30);12-14,26H,4-11H2,1-3H3,(H,19,23)/t19-,20-,21+;12-,13-,14+/m11/s1. The van der Waals surface area contributed by atoms with Gasteiger partial charge in [0, 0.05) is 26.2 Å². The number of rotatable bonds is 11. The number of nitrogens with zero attached hydrogens (tertiary/aromatic N) is 6. The molecule has 0 unspecified atom stereocenters. The van der Waals surface area contributed by atoms with Crippen molar-refractivity contribution in [2.75, 3.05) is 39.4 Å². The van der Waals surface area contributed by atoms with Crippen molar-refractivity contribution in [3.05, 3.63) is 35.9 Å². The molecule has 0 radical (unpaired) electrons. The third-order valence-electron chi connectivity index (χ3n) is 11.9. The van der Waals surface area contributed by atoms with Crippen LogP contribution in [0, 0.1) is 0 Å². The second-order valence-corrected chi connectivity index (χ2v) is 19.0. The molecule has 8 amide bonds. The zero-order chi connectivity index (χ0) is 45.5. The fourth-order valence-electron chi connectivity index (χ4n) is 8.74. The predicted molar refractivity (Wildman–Crippen MR) is 224 cm³/mol. The van der Waals surface area contributed by atoms with E-state index in [0.29, 0.717) is 63.5 Å². The molecular weight excluding hydrogens is 821 g/mol. The molecule has 7 rings (SSSR count). The number of carbonyl (C=O) groups is 6. The Morgan fingerprint density at radius 3 is 1.63 bits per heavy atom. The summed E-state index contributed by atoms with van der Waals surface area (Å²) in [4.78, 5) is 98.2. The van der Waals surface area contributed by atoms with E-state index in [1.165, 1.54) is 9.96 Å². The van der Waals surface area contributed by atoms with E-state index in [0.717, 1.165) is 44.1 Å². The number of piperidine rings is 4. The van der Waals surface area contributed by atoms with Crippen LogP contribution in [-0.2, 0) is 40.2 Å². The summed E-state index contributed by atoms with van der Waals surface area (Å²) in [5.74, 6) is -0.775. The van der Waals surface area contributed by atoms with Gasteiger partial charge in [0.2, 0.25) is 0 Å². The number of amides is 8. The van der Waals surface area contributed by atoms with Crippen molar-refractivity contribution in [3.8, 4) is 0 Å². The number of urea groups is 2. The highest BCUT2D eigenvalue weighted by Gasteiger charge is 2.49. The molecule has 0 aromatic heterocycles. The van der Waals surface area contributed by atoms with E-state index in [-0.39, 0.29) is 61.5 Å². The van der Waals surface area contributed by atoms with E-state index in [1.807, 2.05) is 71.9 Å². The SMILES string of the molecule is CC(C)(C)OC(=O)N1CCCC[C@@H]1CONC(=O)[C@@H]1CC[C@@H]2CN1C(=O)N2O.CC(C)(C)OC(=O)N1CCCC[C@@H]1CONC(=O)[C@@H]1CC[C@@H]2CN1C(=O)N2OCc1ccccc1. The predicted octanol–water partition coefficient (Wildman–Crippen LogP) is 4.71. The van der Waals surface area contributed by atoms with E-state index in [9.17, 15) is 34.0 Å². The first-order valence-electron chi connectivity index (χ1n) is 22.3. The molecule has 1 aromatic rings. The molecule has 350 valence electrons. The van der Waals surface area contributed by atoms with Crippen LogP contribution in [0.3, 0.4) is 0 Å². The summed E-state index contributed by atoms with van der Waals surface area (Å²) < 4.78 is 11.0. The van der Waals surface area contributed by atoms with E-state index < -0.39 is 35.2 Å². The van der Waals surface area contributed by atoms with Gasteiger partial charge in [0.25, 0.3) is 11.8 Å². The first kappa shape index (κ1) is 47.6. The van der Waals surface area contributed by atoms with Crippen LogP contribution < -0.4 is 11.0 Å². The molecular formula is C43H66N8O12. The van der Waals surface area contributed by atoms with Gasteiger partial charge in [0.05, 0.1) is 37.4 Å². The Labute approximate surface area is 369 Å². The zero-order valence-electron chi connectivity index (χ0n) is 37.5. The molecule has 0 saturated carbocycles. The maximum Gasteiger partial charge on any atom is 0.410 e. The zero-order valence-corrected chi connectivity index (χ0v) is 37.5. The Hall–Kier alpha value is -4.92. The Morgan fingerprint density at radius 1 is 0.651 bits per heavy atom. The lowest BCUT2D eigenvalue weighted by Crippen LogP contribution is -2.52. The molecule has 6 heterocycles. The van der Waals surface area contributed by atoms with Crippen molar-refractivity contribution in [1.29, 1.82) is 0 Å². The number of carbonyl (C=O) groups excluding carboxylic acids is 6. The number of ether oxygens (including phenoxy) is 2. The summed E-state index contributed by atoms with van der Waals surface area (Å²) in [5.41, 5.74) is 4.75. The minimum atomic E-state index is -0.658. The number of likely N-dealkylation sites (tertiary alicyclic amines) is 2. The molecule has 3 N–H and O–H groups in total. The maximum absolute atomic E-state index is 12.9. The number of fused-ring (bicyclic) bond motifs is 4. The first-order valence-corrected chi connectivity index (χ1v) is 22.3. The van der Waals surface area contributed by atoms with Gasteiger partial charge >= 0.3 is 24.2 Å². The van der Waals surface area contributed by atoms with Gasteiger partial charge < -0.3 is 29.1 Å². The molecule has 0 spiro atoms. The fourth-order valence-corrected chi connectivity index (χ4v) is 8.74. The average molecular weight is 887 g/mol. The molecule has 20 heteroatoms. The van der Waals surface area contributed by atoms with Crippen LogP contribution in [-0.4, -0.2) is 158 Å². The van der Waals surface area contributed by atoms with E-state index >= 15 is 0 Å². The van der Waals surface area contributed by atoms with Crippen LogP contribution in [0.5, 0.6) is 0 Å². The third kappa shape index (κ3) is 12.4. The molecule has 6 aliphatic heterocycles. The topological polar surface area (TPSA) is 212 Å². The van der Waals surface area contributed by atoms with Crippen LogP contribution >= 0.6 is 0 Å². The smallest absolute Gasteiger partial charge is 0.410 e. The largest absolute Gasteiger partial charge is 0.444 e. The molecule has 4 bridgehead atoms. The molecule has 1 aromatic carbocycles. The van der Waals surface area contributed by atoms with Crippen LogP contribution in [0.2, 0.25) is 0 Å². The molecule has 20 nitrogen and oxygen atoms in total. The van der Waals surface area contributed by atoms with E-state index in [4.69, 9.17) is 24.0 Å². The molecule has 0 aliphatic carbocycles. The van der Waals surface area contributed by atoms with Crippen LogP contribution in [0.4, 0.5) is 19.2 Å². The lowest BCUT2D eigenvalue weighted by Gasteiger charge is -2.36. The van der Waals surface area contributed by atoms with Crippen LogP contribution in [0.1, 0.15) is 111 Å². The monoisotopic (exact) mass is 886 g/mol. The summed E-state index contributed by atoms with van der Waals surface area (Å²) in [7, 11) is 0. The number of hydrogen-bond donors (Lipinski definition) is 3. The van der Waals surface area contributed by atoms with Gasteiger partial charge in [0.1, 0.15) is 29.9 Å². The normalized spacial score (nSPS) is 26.0. The Morgan fingerprint density at radius 2 is 1.13 bits per heavy atom. The minimum absolute atomic E-state index is 0.0687. The van der Waals surface area contributed by atoms with Gasteiger partial charge in [0.15, 0.2) is 0 Å². The van der Waals surface area contributed by atoms with Crippen molar-refractivity contribution in [2.24, 2.45) is 0 Å². The maximum atomic E-state index is 12.9. The first-order chi connectivity index (χ1) is 29.9. The number of nitrogens with one attached hydrogen (secondary N) is 2. The number of hydroxylamine groups is 6. The second-order valence-electron chi connectivity index (χ2n) is 19.0. The lowest BCUT2D eigenvalue weighted by atomic mass is 10.0. The van der Waals surface area contributed by atoms with Crippen LogP contribution in [0.25, 0.3) is 0 Å². The molecule has 63 heavy (non-hydrogen) atoms. The number of benzene rings is 1. The van der Waals surface area contributed by atoms with Gasteiger partial charge in [-0.15, -0.1) is 0 Å². The van der Waals surface area contributed by atoms with Gasteiger partial charge in [-0.1, -0.05) is 30.3 Å². The van der Waals surface area contributed by atoms with Crippen molar-refractivity contribution in [2.45, 2.75) is 160 Å². The van der Waals surface area contributed by atoms with Gasteiger partial charge in [-0.25, -0.2) is 35.2 Å². The van der Waals surface area contributed by atoms with Gasteiger partial charge in [-0.05, 0) is 111 Å². The Balaban J connectivity index is 0.000000215. The van der Waals surface area contributed by atoms with Gasteiger partial charge in [-0.3, -0.25) is 29.3 Å². The molecule has 6 aliphatic rings. The average Bonchev–Trinajstić information content (AvgIpc) is 3.61. The fraction of sp³-hybridized carbons (Fsp3) is 0.721. The van der Waals surface area contributed by atoms with Crippen molar-refractivity contribution >= 4 is 36.1 Å². The highest BCUT2D eigenvalue weighted by atomic mass is 16.7. The molecule has 6 saturated heterocycles. The third-order valence-corrected chi connectivity index (χ3v) is 11.9. The van der Waals surface area contributed by atoms with Crippen LogP contribution in [0.15, 0.2) is 30.3 Å². The Kier molecular flexibility index (Phi) is 15.6. The minimum Gasteiger partial charge on any atom is -0.444 e.